The number of rotatable bonds is 8. The third kappa shape index (κ3) is 6.69. The van der Waals surface area contributed by atoms with Crippen LogP contribution in [0.5, 0.6) is 5.75 Å². The summed E-state index contributed by atoms with van der Waals surface area (Å²) < 4.78 is 6.03. The minimum atomic E-state index is 0.0314. The first-order valence-electron chi connectivity index (χ1n) is 12.2. The van der Waals surface area contributed by atoms with Crippen molar-refractivity contribution in [3.63, 3.8) is 0 Å². The minimum absolute atomic E-state index is 0.0314. The van der Waals surface area contributed by atoms with E-state index in [1.807, 2.05) is 73.3 Å². The van der Waals surface area contributed by atoms with Gasteiger partial charge in [0.25, 0.3) is 5.91 Å². The molecular formula is C29H33N3O3. The number of ether oxygens (including phenoxy) is 1. The van der Waals surface area contributed by atoms with Crippen LogP contribution in [-0.4, -0.2) is 40.8 Å². The Balaban J connectivity index is 1.27. The molecule has 1 aliphatic heterocycles. The van der Waals surface area contributed by atoms with Gasteiger partial charge in [-0.15, -0.1) is 0 Å². The predicted molar refractivity (Wildman–Crippen MR) is 136 cm³/mol. The molecule has 3 aromatic rings. The van der Waals surface area contributed by atoms with Crippen LogP contribution in [-0.2, 0) is 17.8 Å². The Morgan fingerprint density at radius 3 is 2.34 bits per heavy atom. The van der Waals surface area contributed by atoms with Crippen molar-refractivity contribution in [2.24, 2.45) is 0 Å². The number of amides is 2. The number of carbonyl (C=O) groups excluding carboxylic acids is 2. The van der Waals surface area contributed by atoms with Gasteiger partial charge in [-0.2, -0.15) is 0 Å². The van der Waals surface area contributed by atoms with Gasteiger partial charge in [0.1, 0.15) is 12.4 Å². The third-order valence-corrected chi connectivity index (χ3v) is 6.44. The van der Waals surface area contributed by atoms with Gasteiger partial charge >= 0.3 is 0 Å². The van der Waals surface area contributed by atoms with Gasteiger partial charge in [0.15, 0.2) is 0 Å². The quantitative estimate of drug-likeness (QED) is 0.520. The molecule has 2 amide bonds. The topological polar surface area (TPSA) is 71.5 Å². The van der Waals surface area contributed by atoms with Gasteiger partial charge in [-0.1, -0.05) is 36.4 Å². The van der Waals surface area contributed by atoms with Gasteiger partial charge in [0, 0.05) is 49.1 Å². The number of benzene rings is 2. The van der Waals surface area contributed by atoms with E-state index in [-0.39, 0.29) is 17.9 Å². The van der Waals surface area contributed by atoms with Gasteiger partial charge in [0.2, 0.25) is 5.91 Å². The number of aromatic nitrogens is 1. The summed E-state index contributed by atoms with van der Waals surface area (Å²) >= 11 is 0. The van der Waals surface area contributed by atoms with Crippen molar-refractivity contribution >= 4 is 11.8 Å². The number of likely N-dealkylation sites (tertiary alicyclic amines) is 1. The first kappa shape index (κ1) is 24.5. The summed E-state index contributed by atoms with van der Waals surface area (Å²) in [7, 11) is 0. The van der Waals surface area contributed by atoms with Crippen LogP contribution in [0.3, 0.4) is 0 Å². The van der Waals surface area contributed by atoms with E-state index in [0.717, 1.165) is 41.7 Å². The summed E-state index contributed by atoms with van der Waals surface area (Å²) in [6, 6.07) is 17.8. The fourth-order valence-corrected chi connectivity index (χ4v) is 4.55. The summed E-state index contributed by atoms with van der Waals surface area (Å²) in [5, 5.41) is 3.14. The molecule has 182 valence electrons. The highest BCUT2D eigenvalue weighted by molar-refractivity contribution is 5.95. The average molecular weight is 472 g/mol. The second-order valence-electron chi connectivity index (χ2n) is 9.21. The lowest BCUT2D eigenvalue weighted by Crippen LogP contribution is -2.46. The van der Waals surface area contributed by atoms with Gasteiger partial charge in [0.05, 0.1) is 0 Å². The van der Waals surface area contributed by atoms with Crippen LogP contribution in [0, 0.1) is 13.8 Å². The smallest absolute Gasteiger partial charge is 0.253 e. The maximum absolute atomic E-state index is 13.2. The maximum Gasteiger partial charge on any atom is 0.253 e. The van der Waals surface area contributed by atoms with Crippen molar-refractivity contribution in [2.75, 3.05) is 13.1 Å². The van der Waals surface area contributed by atoms with Crippen LogP contribution >= 0.6 is 0 Å². The van der Waals surface area contributed by atoms with Crippen molar-refractivity contribution in [2.45, 2.75) is 52.2 Å². The lowest BCUT2D eigenvalue weighted by atomic mass is 10.0. The van der Waals surface area contributed by atoms with Gasteiger partial charge in [-0.05, 0) is 68.0 Å². The lowest BCUT2D eigenvalue weighted by molar-refractivity contribution is -0.122. The van der Waals surface area contributed by atoms with Crippen LogP contribution in [0.2, 0.25) is 0 Å². The summed E-state index contributed by atoms with van der Waals surface area (Å²) in [5.74, 6) is 0.915. The Labute approximate surface area is 207 Å². The first-order valence-corrected chi connectivity index (χ1v) is 12.2. The molecule has 1 fully saturated rings. The molecule has 1 N–H and O–H groups in total. The summed E-state index contributed by atoms with van der Waals surface area (Å²) in [4.78, 5) is 31.5. The van der Waals surface area contributed by atoms with Crippen LogP contribution in [0.15, 0.2) is 67.0 Å². The monoisotopic (exact) mass is 471 g/mol. The number of aryl methyl sites for hydroxylation is 3. The number of carbonyl (C=O) groups is 2. The number of nitrogens with zero attached hydrogens (tertiary/aromatic N) is 2. The zero-order valence-corrected chi connectivity index (χ0v) is 20.5. The Bertz CT molecular complexity index is 1120. The van der Waals surface area contributed by atoms with E-state index < -0.39 is 0 Å². The zero-order chi connectivity index (χ0) is 24.6. The Morgan fingerprint density at radius 1 is 1.00 bits per heavy atom. The Kier molecular flexibility index (Phi) is 8.14. The molecule has 0 atom stereocenters. The van der Waals surface area contributed by atoms with Crippen LogP contribution in [0.4, 0.5) is 0 Å². The molecule has 4 rings (SSSR count). The lowest BCUT2D eigenvalue weighted by Gasteiger charge is -2.32. The van der Waals surface area contributed by atoms with E-state index >= 15 is 0 Å². The number of pyridine rings is 1. The van der Waals surface area contributed by atoms with Crippen molar-refractivity contribution in [1.29, 1.82) is 0 Å². The molecule has 6 nitrogen and oxygen atoms in total. The number of hydrogen-bond acceptors (Lipinski definition) is 4. The van der Waals surface area contributed by atoms with E-state index in [0.29, 0.717) is 31.7 Å². The van der Waals surface area contributed by atoms with E-state index in [9.17, 15) is 9.59 Å². The standard InChI is InChI=1S/C29H33N3O3/c1-21-17-25(18-22(2)28(21)35-20-24-9-6-14-30-19-24)29(34)32-15-12-26(13-16-32)31-27(33)11-10-23-7-4-3-5-8-23/h3-9,14,17-19,26H,10-13,15-16,20H2,1-2H3,(H,31,33). The van der Waals surface area contributed by atoms with E-state index in [1.54, 1.807) is 12.4 Å². The molecular weight excluding hydrogens is 438 g/mol. The van der Waals surface area contributed by atoms with Crippen LogP contribution in [0.1, 0.15) is 51.9 Å². The van der Waals surface area contributed by atoms with Gasteiger partial charge in [-0.3, -0.25) is 14.6 Å². The molecule has 0 radical (unpaired) electrons. The average Bonchev–Trinajstić information content (AvgIpc) is 2.88. The van der Waals surface area contributed by atoms with Crippen molar-refractivity contribution in [3.8, 4) is 5.75 Å². The van der Waals surface area contributed by atoms with E-state index in [4.69, 9.17) is 4.74 Å². The molecule has 0 spiro atoms. The maximum atomic E-state index is 13.2. The van der Waals surface area contributed by atoms with Gasteiger partial charge < -0.3 is 15.0 Å². The molecule has 0 aliphatic carbocycles. The van der Waals surface area contributed by atoms with E-state index in [1.165, 1.54) is 5.56 Å². The highest BCUT2D eigenvalue weighted by atomic mass is 16.5. The van der Waals surface area contributed by atoms with Crippen LogP contribution < -0.4 is 10.1 Å². The largest absolute Gasteiger partial charge is 0.488 e. The third-order valence-electron chi connectivity index (χ3n) is 6.44. The Morgan fingerprint density at radius 2 is 1.69 bits per heavy atom. The molecule has 2 aromatic carbocycles. The number of nitrogens with one attached hydrogen (secondary N) is 1. The van der Waals surface area contributed by atoms with Crippen molar-refractivity contribution in [3.05, 3.63) is 94.8 Å². The number of hydrogen-bond donors (Lipinski definition) is 1. The molecule has 0 bridgehead atoms. The highest BCUT2D eigenvalue weighted by Crippen LogP contribution is 2.27. The second kappa shape index (κ2) is 11.6. The van der Waals surface area contributed by atoms with Crippen LogP contribution in [0.25, 0.3) is 0 Å². The molecule has 0 saturated carbocycles. The van der Waals surface area contributed by atoms with Crippen molar-refractivity contribution < 1.29 is 14.3 Å². The molecule has 2 heterocycles. The minimum Gasteiger partial charge on any atom is -0.488 e. The molecule has 35 heavy (non-hydrogen) atoms. The summed E-state index contributed by atoms with van der Waals surface area (Å²) in [6.07, 6.45) is 6.29. The molecule has 1 aliphatic rings. The zero-order valence-electron chi connectivity index (χ0n) is 20.5. The molecule has 6 heteroatoms. The van der Waals surface area contributed by atoms with Crippen molar-refractivity contribution in [1.82, 2.24) is 15.2 Å². The SMILES string of the molecule is Cc1cc(C(=O)N2CCC(NC(=O)CCc3ccccc3)CC2)cc(C)c1OCc1cccnc1. The summed E-state index contributed by atoms with van der Waals surface area (Å²) in [6.45, 7) is 5.66. The summed E-state index contributed by atoms with van der Waals surface area (Å²) in [5.41, 5.74) is 4.73. The normalized spacial score (nSPS) is 13.9. The van der Waals surface area contributed by atoms with E-state index in [2.05, 4.69) is 10.3 Å². The molecule has 1 saturated heterocycles. The predicted octanol–water partition coefficient (Wildman–Crippen LogP) is 4.63. The first-order chi connectivity index (χ1) is 17.0. The Hall–Kier alpha value is -3.67. The molecule has 0 unspecified atom stereocenters. The fraction of sp³-hybridized carbons (Fsp3) is 0.345. The second-order valence-corrected chi connectivity index (χ2v) is 9.21. The van der Waals surface area contributed by atoms with Gasteiger partial charge in [-0.25, -0.2) is 0 Å². The highest BCUT2D eigenvalue weighted by Gasteiger charge is 2.25. The number of piperidine rings is 1. The fourth-order valence-electron chi connectivity index (χ4n) is 4.55. The molecule has 1 aromatic heterocycles.